The van der Waals surface area contributed by atoms with Crippen molar-refractivity contribution in [3.8, 4) is 0 Å². The summed E-state index contributed by atoms with van der Waals surface area (Å²) in [4.78, 5) is 20.4. The first kappa shape index (κ1) is 24.6. The first-order valence-corrected chi connectivity index (χ1v) is 15.3. The summed E-state index contributed by atoms with van der Waals surface area (Å²) >= 11 is 11.9. The number of benzene rings is 1. The van der Waals surface area contributed by atoms with Crippen LogP contribution >= 0.6 is 50.2 Å². The standard InChI is InChI=1S/C22H23BrClN3O4S3/c23-14-6-7-16-18(12-14)32-22(25-16)26(13-15-4-3-11-31-15)21(28)17-5-1-2-10-27(17)34(29,30)20-9-8-19(24)33-20/h6-9,12,15,17H,1-5,10-11,13H2. The Balaban J connectivity index is 1.50. The highest BCUT2D eigenvalue weighted by Gasteiger charge is 2.41. The maximum Gasteiger partial charge on any atom is 0.253 e. The van der Waals surface area contributed by atoms with E-state index in [9.17, 15) is 13.2 Å². The molecule has 2 saturated heterocycles. The number of amides is 1. The summed E-state index contributed by atoms with van der Waals surface area (Å²) in [6.45, 7) is 1.33. The van der Waals surface area contributed by atoms with Gasteiger partial charge in [0, 0.05) is 17.6 Å². The summed E-state index contributed by atoms with van der Waals surface area (Å²) in [6, 6.07) is 8.09. The van der Waals surface area contributed by atoms with E-state index in [0.717, 1.165) is 45.3 Å². The number of ether oxygens (including phenoxy) is 1. The lowest BCUT2D eigenvalue weighted by Crippen LogP contribution is -2.54. The van der Waals surface area contributed by atoms with Crippen LogP contribution in [0.1, 0.15) is 32.1 Å². The number of anilines is 1. The Bertz CT molecular complexity index is 1310. The molecule has 34 heavy (non-hydrogen) atoms. The minimum Gasteiger partial charge on any atom is -0.376 e. The second-order valence-electron chi connectivity index (χ2n) is 8.38. The van der Waals surface area contributed by atoms with Gasteiger partial charge in [-0.3, -0.25) is 9.69 Å². The van der Waals surface area contributed by atoms with E-state index in [1.807, 2.05) is 18.2 Å². The molecule has 12 heteroatoms. The number of piperidine rings is 1. The third kappa shape index (κ3) is 4.93. The molecule has 0 aliphatic carbocycles. The highest BCUT2D eigenvalue weighted by molar-refractivity contribution is 9.10. The van der Waals surface area contributed by atoms with Gasteiger partial charge in [-0.15, -0.1) is 11.3 Å². The number of carbonyl (C=O) groups is 1. The summed E-state index contributed by atoms with van der Waals surface area (Å²) in [7, 11) is -3.84. The van der Waals surface area contributed by atoms with Crippen LogP contribution in [-0.4, -0.2) is 55.5 Å². The second kappa shape index (κ2) is 10.1. The number of aromatic nitrogens is 1. The van der Waals surface area contributed by atoms with Gasteiger partial charge < -0.3 is 4.74 Å². The van der Waals surface area contributed by atoms with E-state index in [0.29, 0.717) is 42.0 Å². The fourth-order valence-electron chi connectivity index (χ4n) is 4.43. The lowest BCUT2D eigenvalue weighted by Gasteiger charge is -2.36. The molecule has 0 spiro atoms. The van der Waals surface area contributed by atoms with E-state index in [1.54, 1.807) is 11.0 Å². The van der Waals surface area contributed by atoms with Crippen molar-refractivity contribution in [2.24, 2.45) is 0 Å². The van der Waals surface area contributed by atoms with Crippen molar-refractivity contribution < 1.29 is 17.9 Å². The third-order valence-corrected chi connectivity index (χ3v) is 11.2. The van der Waals surface area contributed by atoms with Crippen molar-refractivity contribution in [3.05, 3.63) is 39.1 Å². The van der Waals surface area contributed by atoms with Gasteiger partial charge in [0.1, 0.15) is 10.3 Å². The zero-order valence-electron chi connectivity index (χ0n) is 18.2. The maximum absolute atomic E-state index is 14.0. The zero-order chi connectivity index (χ0) is 23.9. The molecular formula is C22H23BrClN3O4S3. The Morgan fingerprint density at radius 1 is 1.21 bits per heavy atom. The van der Waals surface area contributed by atoms with Crippen LogP contribution in [0.2, 0.25) is 4.34 Å². The van der Waals surface area contributed by atoms with Gasteiger partial charge in [-0.2, -0.15) is 4.31 Å². The maximum atomic E-state index is 14.0. The monoisotopic (exact) mass is 603 g/mol. The minimum absolute atomic E-state index is 0.0903. The average Bonchev–Trinajstić information content (AvgIpc) is 3.58. The second-order valence-corrected chi connectivity index (χ2v) is 14.1. The van der Waals surface area contributed by atoms with Gasteiger partial charge in [0.05, 0.1) is 27.2 Å². The number of nitrogens with zero attached hydrogens (tertiary/aromatic N) is 3. The molecule has 2 atom stereocenters. The van der Waals surface area contributed by atoms with Crippen molar-refractivity contribution in [1.29, 1.82) is 0 Å². The molecule has 7 nitrogen and oxygen atoms in total. The molecular weight excluding hydrogens is 582 g/mol. The normalized spacial score (nSPS) is 21.8. The molecule has 4 heterocycles. The molecule has 2 fully saturated rings. The van der Waals surface area contributed by atoms with Crippen molar-refractivity contribution in [1.82, 2.24) is 9.29 Å². The summed E-state index contributed by atoms with van der Waals surface area (Å²) in [5.41, 5.74) is 0.801. The summed E-state index contributed by atoms with van der Waals surface area (Å²) < 4.78 is 36.6. The van der Waals surface area contributed by atoms with E-state index in [-0.39, 0.29) is 16.2 Å². The van der Waals surface area contributed by atoms with Crippen LogP contribution in [0.5, 0.6) is 0 Å². The summed E-state index contributed by atoms with van der Waals surface area (Å²) in [5, 5.41) is 0.565. The predicted molar refractivity (Wildman–Crippen MR) is 140 cm³/mol. The van der Waals surface area contributed by atoms with Crippen LogP contribution in [0.15, 0.2) is 39.0 Å². The molecule has 0 N–H and O–H groups in total. The quantitative estimate of drug-likeness (QED) is 0.370. The lowest BCUT2D eigenvalue weighted by atomic mass is 10.0. The highest BCUT2D eigenvalue weighted by Crippen LogP contribution is 2.35. The van der Waals surface area contributed by atoms with Gasteiger partial charge in [0.25, 0.3) is 10.0 Å². The van der Waals surface area contributed by atoms with Crippen molar-refractivity contribution >= 4 is 81.5 Å². The lowest BCUT2D eigenvalue weighted by molar-refractivity contribution is -0.123. The molecule has 0 saturated carbocycles. The fraction of sp³-hybridized carbons (Fsp3) is 0.455. The molecule has 5 rings (SSSR count). The number of thiazole rings is 1. The SMILES string of the molecule is O=C(C1CCCCN1S(=O)(=O)c1ccc(Cl)s1)N(CC1CCCO1)c1nc2ccc(Br)cc2s1. The molecule has 1 amide bonds. The van der Waals surface area contributed by atoms with E-state index < -0.39 is 16.1 Å². The molecule has 182 valence electrons. The van der Waals surface area contributed by atoms with Gasteiger partial charge in [0.15, 0.2) is 5.13 Å². The van der Waals surface area contributed by atoms with Gasteiger partial charge in [-0.1, -0.05) is 45.3 Å². The number of sulfonamides is 1. The molecule has 2 aromatic heterocycles. The molecule has 2 unspecified atom stereocenters. The average molecular weight is 605 g/mol. The van der Waals surface area contributed by atoms with Crippen LogP contribution in [0, 0.1) is 0 Å². The number of hydrogen-bond donors (Lipinski definition) is 0. The molecule has 1 aromatic carbocycles. The Kier molecular flexibility index (Phi) is 7.32. The topological polar surface area (TPSA) is 79.8 Å². The Hall–Kier alpha value is -1.08. The summed E-state index contributed by atoms with van der Waals surface area (Å²) in [5.74, 6) is -0.250. The number of halogens is 2. The molecule has 3 aromatic rings. The van der Waals surface area contributed by atoms with E-state index in [4.69, 9.17) is 21.3 Å². The van der Waals surface area contributed by atoms with Crippen LogP contribution in [0.4, 0.5) is 5.13 Å². The molecule has 2 aliphatic heterocycles. The minimum atomic E-state index is -3.84. The molecule has 0 bridgehead atoms. The van der Waals surface area contributed by atoms with Gasteiger partial charge >= 0.3 is 0 Å². The van der Waals surface area contributed by atoms with E-state index >= 15 is 0 Å². The van der Waals surface area contributed by atoms with Crippen LogP contribution in [-0.2, 0) is 19.6 Å². The van der Waals surface area contributed by atoms with Crippen molar-refractivity contribution in [3.63, 3.8) is 0 Å². The van der Waals surface area contributed by atoms with Crippen LogP contribution < -0.4 is 4.90 Å². The number of carbonyl (C=O) groups excluding carboxylic acids is 1. The fourth-order valence-corrected chi connectivity index (χ4v) is 9.22. The largest absolute Gasteiger partial charge is 0.376 e. The van der Waals surface area contributed by atoms with Gasteiger partial charge in [-0.05, 0) is 56.0 Å². The van der Waals surface area contributed by atoms with Crippen molar-refractivity contribution in [2.75, 3.05) is 24.6 Å². The third-order valence-electron chi connectivity index (χ3n) is 6.10. The van der Waals surface area contributed by atoms with E-state index in [1.165, 1.54) is 21.7 Å². The highest BCUT2D eigenvalue weighted by atomic mass is 79.9. The van der Waals surface area contributed by atoms with Crippen molar-refractivity contribution in [2.45, 2.75) is 48.5 Å². The van der Waals surface area contributed by atoms with Crippen LogP contribution in [0.3, 0.4) is 0 Å². The number of fused-ring (bicyclic) bond motifs is 1. The van der Waals surface area contributed by atoms with Gasteiger partial charge in [0.2, 0.25) is 5.91 Å². The number of thiophene rings is 1. The Morgan fingerprint density at radius 3 is 2.79 bits per heavy atom. The number of rotatable bonds is 6. The number of hydrogen-bond acceptors (Lipinski definition) is 7. The Labute approximate surface area is 219 Å². The summed E-state index contributed by atoms with van der Waals surface area (Å²) in [6.07, 6.45) is 3.68. The van der Waals surface area contributed by atoms with Gasteiger partial charge in [-0.25, -0.2) is 13.4 Å². The zero-order valence-corrected chi connectivity index (χ0v) is 22.9. The first-order chi connectivity index (χ1) is 16.3. The Morgan fingerprint density at radius 2 is 2.06 bits per heavy atom. The molecule has 0 radical (unpaired) electrons. The predicted octanol–water partition coefficient (Wildman–Crippen LogP) is 5.53. The van der Waals surface area contributed by atoms with E-state index in [2.05, 4.69) is 15.9 Å². The van der Waals surface area contributed by atoms with Crippen LogP contribution in [0.25, 0.3) is 10.2 Å². The first-order valence-electron chi connectivity index (χ1n) is 11.1. The molecule has 2 aliphatic rings. The smallest absolute Gasteiger partial charge is 0.253 e.